The van der Waals surface area contributed by atoms with Crippen LogP contribution >= 0.6 is 0 Å². The van der Waals surface area contributed by atoms with Crippen molar-refractivity contribution in [2.45, 2.75) is 20.8 Å². The van der Waals surface area contributed by atoms with Gasteiger partial charge in [-0.25, -0.2) is 0 Å². The zero-order valence-electron chi connectivity index (χ0n) is 9.14. The van der Waals surface area contributed by atoms with Crippen LogP contribution in [0, 0.1) is 20.8 Å². The summed E-state index contributed by atoms with van der Waals surface area (Å²) in [5.41, 5.74) is 9.27. The molecule has 3 nitrogen and oxygen atoms in total. The number of aromatic amines is 1. The first-order chi connectivity index (χ1) is 7.02. The Morgan fingerprint density at radius 2 is 1.80 bits per heavy atom. The minimum atomic E-state index is -0.0575. The molecule has 0 atom stereocenters. The first kappa shape index (κ1) is 9.77. The lowest BCUT2D eigenvalue weighted by atomic mass is 10.0. The van der Waals surface area contributed by atoms with Crippen LogP contribution in [0.4, 0.5) is 5.69 Å². The number of aromatic nitrogens is 1. The van der Waals surface area contributed by atoms with Crippen LogP contribution in [0.3, 0.4) is 0 Å². The van der Waals surface area contributed by atoms with Crippen molar-refractivity contribution in [2.24, 2.45) is 0 Å². The Hall–Kier alpha value is -1.77. The summed E-state index contributed by atoms with van der Waals surface area (Å²) in [6.07, 6.45) is 0. The average molecular weight is 202 g/mol. The molecule has 0 aliphatic rings. The highest BCUT2D eigenvalue weighted by molar-refractivity contribution is 5.91. The number of nitrogen functional groups attached to an aromatic ring is 1. The van der Waals surface area contributed by atoms with E-state index in [0.717, 1.165) is 22.2 Å². The van der Waals surface area contributed by atoms with Gasteiger partial charge in [-0.15, -0.1) is 0 Å². The Bertz CT molecular complexity index is 597. The van der Waals surface area contributed by atoms with Crippen LogP contribution in [0.2, 0.25) is 0 Å². The predicted molar refractivity (Wildman–Crippen MR) is 63.2 cm³/mol. The van der Waals surface area contributed by atoms with Gasteiger partial charge in [-0.05, 0) is 43.4 Å². The quantitative estimate of drug-likeness (QED) is 0.642. The van der Waals surface area contributed by atoms with Crippen molar-refractivity contribution in [1.82, 2.24) is 4.98 Å². The fraction of sp³-hybridized carbons (Fsp3) is 0.250. The van der Waals surface area contributed by atoms with Crippen molar-refractivity contribution >= 4 is 16.5 Å². The third-order valence-corrected chi connectivity index (χ3v) is 3.00. The minimum absolute atomic E-state index is 0.0575. The Morgan fingerprint density at radius 3 is 2.47 bits per heavy atom. The van der Waals surface area contributed by atoms with E-state index in [1.807, 2.05) is 32.9 Å². The Labute approximate surface area is 87.9 Å². The zero-order chi connectivity index (χ0) is 11.2. The Balaban J connectivity index is 3.10. The van der Waals surface area contributed by atoms with Gasteiger partial charge in [0.25, 0.3) is 5.56 Å². The van der Waals surface area contributed by atoms with Gasteiger partial charge >= 0.3 is 0 Å². The van der Waals surface area contributed by atoms with Gasteiger partial charge < -0.3 is 10.7 Å². The number of hydrogen-bond donors (Lipinski definition) is 2. The highest BCUT2D eigenvalue weighted by Crippen LogP contribution is 2.23. The number of benzene rings is 1. The number of pyridine rings is 1. The van der Waals surface area contributed by atoms with E-state index in [0.29, 0.717) is 11.1 Å². The first-order valence-corrected chi connectivity index (χ1v) is 4.90. The van der Waals surface area contributed by atoms with Crippen LogP contribution in [-0.2, 0) is 0 Å². The number of fused-ring (bicyclic) bond motifs is 1. The summed E-state index contributed by atoms with van der Waals surface area (Å²) in [6, 6.07) is 3.76. The lowest BCUT2D eigenvalue weighted by molar-refractivity contribution is 1.13. The van der Waals surface area contributed by atoms with E-state index in [1.165, 1.54) is 0 Å². The molecule has 0 fully saturated rings. The van der Waals surface area contributed by atoms with Gasteiger partial charge in [0.2, 0.25) is 0 Å². The molecule has 3 N–H and O–H groups in total. The van der Waals surface area contributed by atoms with E-state index in [2.05, 4.69) is 4.98 Å². The van der Waals surface area contributed by atoms with Crippen LogP contribution < -0.4 is 11.3 Å². The number of anilines is 1. The van der Waals surface area contributed by atoms with Crippen LogP contribution in [-0.4, -0.2) is 4.98 Å². The zero-order valence-corrected chi connectivity index (χ0v) is 9.14. The molecule has 1 aromatic carbocycles. The highest BCUT2D eigenvalue weighted by Gasteiger charge is 2.08. The molecule has 0 aliphatic carbocycles. The number of nitrogens with two attached hydrogens (primary N) is 1. The lowest BCUT2D eigenvalue weighted by Crippen LogP contribution is -2.11. The summed E-state index contributed by atoms with van der Waals surface area (Å²) >= 11 is 0. The molecule has 0 aliphatic heterocycles. The summed E-state index contributed by atoms with van der Waals surface area (Å²) < 4.78 is 0. The number of rotatable bonds is 0. The molecule has 1 aromatic heterocycles. The topological polar surface area (TPSA) is 58.9 Å². The minimum Gasteiger partial charge on any atom is -0.398 e. The highest BCUT2D eigenvalue weighted by atomic mass is 16.1. The summed E-state index contributed by atoms with van der Waals surface area (Å²) in [5, 5.41) is 1.70. The van der Waals surface area contributed by atoms with E-state index in [1.54, 1.807) is 0 Å². The van der Waals surface area contributed by atoms with Crippen molar-refractivity contribution < 1.29 is 0 Å². The van der Waals surface area contributed by atoms with E-state index in [9.17, 15) is 4.79 Å². The molecule has 0 saturated carbocycles. The summed E-state index contributed by atoms with van der Waals surface area (Å²) in [4.78, 5) is 14.7. The smallest absolute Gasteiger partial charge is 0.256 e. The number of aryl methyl sites for hydroxylation is 3. The molecule has 0 amide bonds. The molecule has 2 rings (SSSR count). The molecular weight excluding hydrogens is 188 g/mol. The molecular formula is C12H14N2O. The maximum atomic E-state index is 11.8. The number of H-pyrrole nitrogens is 1. The Morgan fingerprint density at radius 1 is 1.13 bits per heavy atom. The maximum absolute atomic E-state index is 11.8. The van der Waals surface area contributed by atoms with Crippen molar-refractivity contribution in [1.29, 1.82) is 0 Å². The van der Waals surface area contributed by atoms with Gasteiger partial charge in [0, 0.05) is 11.4 Å². The first-order valence-electron chi connectivity index (χ1n) is 4.90. The largest absolute Gasteiger partial charge is 0.398 e. The molecule has 1 heterocycles. The predicted octanol–water partition coefficient (Wildman–Crippen LogP) is 2.04. The average Bonchev–Trinajstić information content (AvgIpc) is 2.18. The molecule has 0 radical (unpaired) electrons. The lowest BCUT2D eigenvalue weighted by Gasteiger charge is -2.09. The second-order valence-corrected chi connectivity index (χ2v) is 3.91. The van der Waals surface area contributed by atoms with E-state index < -0.39 is 0 Å². The summed E-state index contributed by atoms with van der Waals surface area (Å²) in [5.74, 6) is 0. The summed E-state index contributed by atoms with van der Waals surface area (Å²) in [7, 11) is 0. The second-order valence-electron chi connectivity index (χ2n) is 3.91. The second kappa shape index (κ2) is 3.12. The van der Waals surface area contributed by atoms with Crippen molar-refractivity contribution in [3.8, 4) is 0 Å². The van der Waals surface area contributed by atoms with Crippen LogP contribution in [0.5, 0.6) is 0 Å². The van der Waals surface area contributed by atoms with Crippen LogP contribution in [0.15, 0.2) is 16.9 Å². The molecule has 0 bridgehead atoms. The fourth-order valence-corrected chi connectivity index (χ4v) is 1.86. The van der Waals surface area contributed by atoms with Crippen molar-refractivity contribution in [2.75, 3.05) is 5.73 Å². The van der Waals surface area contributed by atoms with E-state index in [-0.39, 0.29) is 5.56 Å². The molecule has 15 heavy (non-hydrogen) atoms. The van der Waals surface area contributed by atoms with Crippen LogP contribution in [0.1, 0.15) is 16.8 Å². The molecule has 0 saturated heterocycles. The maximum Gasteiger partial charge on any atom is 0.256 e. The molecule has 2 aromatic rings. The third kappa shape index (κ3) is 1.31. The number of hydrogen-bond acceptors (Lipinski definition) is 2. The SMILES string of the molecule is Cc1[nH]c(=O)c2c(C)c(N)ccc2c1C. The fourth-order valence-electron chi connectivity index (χ4n) is 1.86. The molecule has 78 valence electrons. The van der Waals surface area contributed by atoms with Gasteiger partial charge in [0.15, 0.2) is 0 Å². The van der Waals surface area contributed by atoms with Gasteiger partial charge in [0.05, 0.1) is 5.39 Å². The van der Waals surface area contributed by atoms with Crippen molar-refractivity contribution in [3.63, 3.8) is 0 Å². The van der Waals surface area contributed by atoms with Gasteiger partial charge in [-0.2, -0.15) is 0 Å². The molecule has 3 heteroatoms. The van der Waals surface area contributed by atoms with Gasteiger partial charge in [-0.1, -0.05) is 6.07 Å². The van der Waals surface area contributed by atoms with E-state index in [4.69, 9.17) is 5.73 Å². The molecule has 0 unspecified atom stereocenters. The monoisotopic (exact) mass is 202 g/mol. The third-order valence-electron chi connectivity index (χ3n) is 3.00. The normalized spacial score (nSPS) is 10.9. The van der Waals surface area contributed by atoms with E-state index >= 15 is 0 Å². The molecule has 0 spiro atoms. The Kier molecular flexibility index (Phi) is 2.03. The van der Waals surface area contributed by atoms with Crippen LogP contribution in [0.25, 0.3) is 10.8 Å². The van der Waals surface area contributed by atoms with Crippen molar-refractivity contribution in [3.05, 3.63) is 39.3 Å². The van der Waals surface area contributed by atoms with Gasteiger partial charge in [0.1, 0.15) is 0 Å². The summed E-state index contributed by atoms with van der Waals surface area (Å²) in [6.45, 7) is 5.78. The standard InChI is InChI=1S/C12H14N2O/c1-6-8(3)14-12(15)11-7(2)10(13)5-4-9(6)11/h4-5H,13H2,1-3H3,(H,14,15). The van der Waals surface area contributed by atoms with Gasteiger partial charge in [-0.3, -0.25) is 4.79 Å². The number of nitrogens with one attached hydrogen (secondary N) is 1.